The second-order valence-corrected chi connectivity index (χ2v) is 8.17. The molecule has 0 aliphatic heterocycles. The summed E-state index contributed by atoms with van der Waals surface area (Å²) in [5, 5.41) is 6.80. The lowest BCUT2D eigenvalue weighted by Crippen LogP contribution is -2.34. The SMILES string of the molecule is CCc1ccc2oc(-c3ccc(C)c(NC(=S)NC(=O)c4cc5ccccc5o4)c3)nc2c1. The molecule has 5 rings (SSSR count). The van der Waals surface area contributed by atoms with Crippen molar-refractivity contribution in [2.24, 2.45) is 0 Å². The van der Waals surface area contributed by atoms with Crippen LogP contribution in [0.25, 0.3) is 33.5 Å². The third-order valence-electron chi connectivity index (χ3n) is 5.47. The van der Waals surface area contributed by atoms with Crippen LogP contribution in [0.4, 0.5) is 5.69 Å². The van der Waals surface area contributed by atoms with Crippen molar-refractivity contribution >= 4 is 51.0 Å². The van der Waals surface area contributed by atoms with Crippen LogP contribution in [0.5, 0.6) is 0 Å². The smallest absolute Gasteiger partial charge is 0.293 e. The van der Waals surface area contributed by atoms with Crippen LogP contribution in [0, 0.1) is 6.92 Å². The molecule has 0 bridgehead atoms. The molecule has 0 saturated carbocycles. The maximum absolute atomic E-state index is 12.6. The maximum atomic E-state index is 12.6. The van der Waals surface area contributed by atoms with Gasteiger partial charge in [0.1, 0.15) is 11.1 Å². The van der Waals surface area contributed by atoms with Crippen molar-refractivity contribution in [3.05, 3.63) is 83.6 Å². The predicted octanol–water partition coefficient (Wildman–Crippen LogP) is 6.24. The van der Waals surface area contributed by atoms with Gasteiger partial charge in [-0.05, 0) is 73.1 Å². The molecule has 2 aromatic heterocycles. The zero-order chi connectivity index (χ0) is 22.9. The number of benzene rings is 3. The van der Waals surface area contributed by atoms with Crippen molar-refractivity contribution in [2.45, 2.75) is 20.3 Å². The summed E-state index contributed by atoms with van der Waals surface area (Å²) in [6.07, 6.45) is 0.938. The molecule has 33 heavy (non-hydrogen) atoms. The van der Waals surface area contributed by atoms with Crippen LogP contribution >= 0.6 is 12.2 Å². The van der Waals surface area contributed by atoms with Gasteiger partial charge in [0, 0.05) is 16.6 Å². The summed E-state index contributed by atoms with van der Waals surface area (Å²) >= 11 is 5.37. The minimum absolute atomic E-state index is 0.172. The first-order valence-corrected chi connectivity index (χ1v) is 11.0. The van der Waals surface area contributed by atoms with E-state index in [2.05, 4.69) is 22.5 Å². The van der Waals surface area contributed by atoms with Crippen LogP contribution in [0.1, 0.15) is 28.6 Å². The minimum Gasteiger partial charge on any atom is -0.451 e. The lowest BCUT2D eigenvalue weighted by atomic mass is 10.1. The Morgan fingerprint density at radius 3 is 2.67 bits per heavy atom. The van der Waals surface area contributed by atoms with Gasteiger partial charge in [-0.3, -0.25) is 10.1 Å². The summed E-state index contributed by atoms with van der Waals surface area (Å²) in [7, 11) is 0. The van der Waals surface area contributed by atoms with Crippen molar-refractivity contribution in [2.75, 3.05) is 5.32 Å². The topological polar surface area (TPSA) is 80.3 Å². The van der Waals surface area contributed by atoms with Gasteiger partial charge >= 0.3 is 0 Å². The fraction of sp³-hybridized carbons (Fsp3) is 0.115. The van der Waals surface area contributed by atoms with E-state index in [0.717, 1.165) is 39.7 Å². The van der Waals surface area contributed by atoms with E-state index in [9.17, 15) is 4.79 Å². The number of oxazole rings is 1. The number of hydrogen-bond donors (Lipinski definition) is 2. The second kappa shape index (κ2) is 8.52. The van der Waals surface area contributed by atoms with Crippen molar-refractivity contribution in [3.63, 3.8) is 0 Å². The van der Waals surface area contributed by atoms with Crippen molar-refractivity contribution in [1.82, 2.24) is 10.3 Å². The van der Waals surface area contributed by atoms with Crippen LogP contribution < -0.4 is 10.6 Å². The molecule has 2 heterocycles. The van der Waals surface area contributed by atoms with E-state index in [1.165, 1.54) is 5.56 Å². The number of thiocarbonyl (C=S) groups is 1. The normalized spacial score (nSPS) is 11.1. The number of fused-ring (bicyclic) bond motifs is 2. The molecule has 1 amide bonds. The lowest BCUT2D eigenvalue weighted by Gasteiger charge is -2.12. The van der Waals surface area contributed by atoms with E-state index in [1.807, 2.05) is 67.6 Å². The Kier molecular flexibility index (Phi) is 5.40. The van der Waals surface area contributed by atoms with Gasteiger partial charge in [0.05, 0.1) is 0 Å². The molecule has 0 aliphatic carbocycles. The van der Waals surface area contributed by atoms with Gasteiger partial charge in [0.15, 0.2) is 16.5 Å². The Balaban J connectivity index is 1.34. The maximum Gasteiger partial charge on any atom is 0.293 e. The van der Waals surface area contributed by atoms with E-state index in [1.54, 1.807) is 6.07 Å². The number of carbonyl (C=O) groups excluding carboxylic acids is 1. The Bertz CT molecular complexity index is 1480. The average Bonchev–Trinajstić information content (AvgIpc) is 3.44. The molecule has 2 N–H and O–H groups in total. The average molecular weight is 456 g/mol. The largest absolute Gasteiger partial charge is 0.451 e. The number of amides is 1. The first-order chi connectivity index (χ1) is 16.0. The summed E-state index contributed by atoms with van der Waals surface area (Å²) in [5.74, 6) is 0.311. The quantitative estimate of drug-likeness (QED) is 0.312. The van der Waals surface area contributed by atoms with Gasteiger partial charge in [0.25, 0.3) is 5.91 Å². The highest BCUT2D eigenvalue weighted by Crippen LogP contribution is 2.28. The molecule has 0 unspecified atom stereocenters. The molecule has 0 fully saturated rings. The number of furan rings is 1. The highest BCUT2D eigenvalue weighted by atomic mass is 32.1. The third-order valence-corrected chi connectivity index (χ3v) is 5.67. The fourth-order valence-corrected chi connectivity index (χ4v) is 3.82. The molecule has 0 spiro atoms. The van der Waals surface area contributed by atoms with Gasteiger partial charge in [-0.2, -0.15) is 0 Å². The van der Waals surface area contributed by atoms with Gasteiger partial charge < -0.3 is 14.2 Å². The summed E-state index contributed by atoms with van der Waals surface area (Å²) in [5.41, 5.74) is 5.94. The first kappa shape index (κ1) is 20.9. The molecule has 6 nitrogen and oxygen atoms in total. The molecule has 164 valence electrons. The third kappa shape index (κ3) is 4.23. The van der Waals surface area contributed by atoms with E-state index in [4.69, 9.17) is 21.1 Å². The van der Waals surface area contributed by atoms with E-state index in [0.29, 0.717) is 11.5 Å². The van der Waals surface area contributed by atoms with E-state index in [-0.39, 0.29) is 10.9 Å². The summed E-state index contributed by atoms with van der Waals surface area (Å²) in [6, 6.07) is 21.0. The van der Waals surface area contributed by atoms with Crippen LogP contribution in [-0.2, 0) is 6.42 Å². The van der Waals surface area contributed by atoms with Crippen molar-refractivity contribution in [3.8, 4) is 11.5 Å². The van der Waals surface area contributed by atoms with Crippen LogP contribution in [-0.4, -0.2) is 16.0 Å². The molecular weight excluding hydrogens is 434 g/mol. The first-order valence-electron chi connectivity index (χ1n) is 10.6. The van der Waals surface area contributed by atoms with Crippen molar-refractivity contribution in [1.29, 1.82) is 0 Å². The highest BCUT2D eigenvalue weighted by Gasteiger charge is 2.15. The molecule has 7 heteroatoms. The summed E-state index contributed by atoms with van der Waals surface area (Å²) in [4.78, 5) is 17.2. The number of hydrogen-bond acceptors (Lipinski definition) is 5. The number of nitrogens with one attached hydrogen (secondary N) is 2. The number of aryl methyl sites for hydroxylation is 2. The Hall–Kier alpha value is -3.97. The number of rotatable bonds is 4. The standard InChI is InChI=1S/C26H21N3O3S/c1-3-16-9-11-22-20(12-16)27-25(32-22)18-10-8-15(2)19(13-18)28-26(33)29-24(30)23-14-17-6-4-5-7-21(17)31-23/h4-14H,3H2,1-2H3,(H2,28,29,30,33). The second-order valence-electron chi connectivity index (χ2n) is 7.76. The number of nitrogens with zero attached hydrogens (tertiary/aromatic N) is 1. The van der Waals surface area contributed by atoms with Gasteiger partial charge in [-0.25, -0.2) is 4.98 Å². The number of anilines is 1. The van der Waals surface area contributed by atoms with Crippen LogP contribution in [0.3, 0.4) is 0 Å². The van der Waals surface area contributed by atoms with Gasteiger partial charge in [0.2, 0.25) is 5.89 Å². The lowest BCUT2D eigenvalue weighted by molar-refractivity contribution is 0.0953. The number of aromatic nitrogens is 1. The Morgan fingerprint density at radius 2 is 1.85 bits per heavy atom. The zero-order valence-electron chi connectivity index (χ0n) is 18.1. The van der Waals surface area contributed by atoms with Crippen LogP contribution in [0.2, 0.25) is 0 Å². The summed E-state index contributed by atoms with van der Waals surface area (Å²) in [6.45, 7) is 4.06. The van der Waals surface area contributed by atoms with E-state index >= 15 is 0 Å². The molecule has 0 atom stereocenters. The molecule has 3 aromatic carbocycles. The molecule has 5 aromatic rings. The Labute approximate surface area is 195 Å². The zero-order valence-corrected chi connectivity index (χ0v) is 19.0. The fourth-order valence-electron chi connectivity index (χ4n) is 3.62. The monoisotopic (exact) mass is 455 g/mol. The van der Waals surface area contributed by atoms with Gasteiger partial charge in [-0.1, -0.05) is 37.3 Å². The highest BCUT2D eigenvalue weighted by molar-refractivity contribution is 7.80. The van der Waals surface area contributed by atoms with Crippen molar-refractivity contribution < 1.29 is 13.6 Å². The molecule has 0 saturated heterocycles. The minimum atomic E-state index is -0.414. The number of carbonyl (C=O) groups is 1. The summed E-state index contributed by atoms with van der Waals surface area (Å²) < 4.78 is 11.6. The molecular formula is C26H21N3O3S. The van der Waals surface area contributed by atoms with E-state index < -0.39 is 5.91 Å². The number of para-hydroxylation sites is 1. The van der Waals surface area contributed by atoms with Crippen LogP contribution in [0.15, 0.2) is 75.6 Å². The Morgan fingerprint density at radius 1 is 1.00 bits per heavy atom. The molecule has 0 radical (unpaired) electrons. The molecule has 0 aliphatic rings. The van der Waals surface area contributed by atoms with Gasteiger partial charge in [-0.15, -0.1) is 0 Å². The predicted molar refractivity (Wildman–Crippen MR) is 133 cm³/mol.